The molecule has 0 aliphatic heterocycles. The van der Waals surface area contributed by atoms with Crippen molar-refractivity contribution in [1.29, 1.82) is 0 Å². The molecule has 0 bridgehead atoms. The molecule has 0 aromatic heterocycles. The summed E-state index contributed by atoms with van der Waals surface area (Å²) < 4.78 is -0.833. The first kappa shape index (κ1) is 16.0. The van der Waals surface area contributed by atoms with Gasteiger partial charge in [-0.3, -0.25) is 0 Å². The average molecular weight is 192 g/mol. The minimum atomic E-state index is -0.833. The Bertz CT molecular complexity index is 34.5. The van der Waals surface area contributed by atoms with Gasteiger partial charge in [0.1, 0.15) is 0 Å². The van der Waals surface area contributed by atoms with Gasteiger partial charge in [-0.1, -0.05) is 0 Å². The monoisotopic (exact) mass is 192 g/mol. The largest absolute Gasteiger partial charge is 0.358 e. The van der Waals surface area contributed by atoms with E-state index in [2.05, 4.69) is 0 Å². The molecule has 0 heterocycles. The summed E-state index contributed by atoms with van der Waals surface area (Å²) in [6, 6.07) is 0. The predicted octanol–water partition coefficient (Wildman–Crippen LogP) is 0.0130. The van der Waals surface area contributed by atoms with E-state index >= 15 is 0 Å². The molecule has 1 N–H and O–H groups in total. The maximum atomic E-state index is 9.00. The van der Waals surface area contributed by atoms with Gasteiger partial charge in [0.2, 0.25) is 0 Å². The van der Waals surface area contributed by atoms with E-state index in [4.69, 9.17) is 9.90 Å². The van der Waals surface area contributed by atoms with E-state index < -0.39 is 4.76 Å². The SMILES string of the molecule is O=C(O)[AsH].[CH3-].[Fe]. The topological polar surface area (TPSA) is 37.3 Å². The maximum absolute atomic E-state index is 9.00. The van der Waals surface area contributed by atoms with Crippen LogP contribution in [0.2, 0.25) is 0 Å². The fourth-order valence-corrected chi connectivity index (χ4v) is 0. The van der Waals surface area contributed by atoms with Gasteiger partial charge in [-0.2, -0.15) is 0 Å². The molecule has 0 aromatic rings. The number of carboxylic acid groups (broad SMARTS) is 1. The van der Waals surface area contributed by atoms with Crippen LogP contribution in [0.5, 0.6) is 0 Å². The van der Waals surface area contributed by atoms with E-state index in [1.165, 1.54) is 0 Å². The van der Waals surface area contributed by atoms with Crippen LogP contribution in [0.4, 0.5) is 4.79 Å². The summed E-state index contributed by atoms with van der Waals surface area (Å²) in [5, 5.41) is 7.42. The molecule has 6 heavy (non-hydrogen) atoms. The van der Waals surface area contributed by atoms with Crippen molar-refractivity contribution in [3.8, 4) is 0 Å². The maximum Gasteiger partial charge on any atom is 0 e. The van der Waals surface area contributed by atoms with E-state index in [0.717, 1.165) is 16.9 Å². The van der Waals surface area contributed by atoms with Crippen molar-refractivity contribution in [3.05, 3.63) is 7.43 Å². The Labute approximate surface area is 56.3 Å². The molecule has 0 aromatic carbocycles. The average Bonchev–Trinajstić information content (AvgIpc) is 0.811. The number of carbonyl (C=O) groups is 1. The Morgan fingerprint density at radius 2 is 1.67 bits per heavy atom. The van der Waals surface area contributed by atoms with Gasteiger partial charge in [-0.05, 0) is 0 Å². The van der Waals surface area contributed by atoms with Crippen LogP contribution in [-0.4, -0.2) is 26.7 Å². The molecule has 4 heteroatoms. The Balaban J connectivity index is -0.0000000450. The Kier molecular flexibility index (Phi) is 24.3. The van der Waals surface area contributed by atoms with Gasteiger partial charge in [0, 0.05) is 17.1 Å². The quantitative estimate of drug-likeness (QED) is 0.433. The van der Waals surface area contributed by atoms with Crippen molar-refractivity contribution in [2.45, 2.75) is 0 Å². The molecule has 0 spiro atoms. The third-order valence-electron chi connectivity index (χ3n) is 0. The Morgan fingerprint density at radius 1 is 1.67 bits per heavy atom. The van der Waals surface area contributed by atoms with E-state index in [1.54, 1.807) is 0 Å². The van der Waals surface area contributed by atoms with Crippen molar-refractivity contribution >= 4 is 21.6 Å². The van der Waals surface area contributed by atoms with Crippen LogP contribution in [0.3, 0.4) is 0 Å². The number of rotatable bonds is 0. The van der Waals surface area contributed by atoms with Gasteiger partial charge < -0.3 is 7.43 Å². The predicted molar refractivity (Wildman–Crippen MR) is 21.6 cm³/mol. The minimum Gasteiger partial charge on any atom is -0.358 e. The molecule has 39 valence electrons. The summed E-state index contributed by atoms with van der Waals surface area (Å²) in [6.07, 6.45) is 0. The second kappa shape index (κ2) is 9.12. The van der Waals surface area contributed by atoms with Crippen molar-refractivity contribution in [3.63, 3.8) is 0 Å². The zero-order valence-corrected chi connectivity index (χ0v) is 6.41. The van der Waals surface area contributed by atoms with E-state index in [0.29, 0.717) is 0 Å². The summed E-state index contributed by atoms with van der Waals surface area (Å²) in [4.78, 5) is 9.00. The van der Waals surface area contributed by atoms with E-state index in [1.807, 2.05) is 0 Å². The molecule has 2 nitrogen and oxygen atoms in total. The van der Waals surface area contributed by atoms with Gasteiger partial charge in [0.25, 0.3) is 0 Å². The second-order valence-electron chi connectivity index (χ2n) is 0.305. The van der Waals surface area contributed by atoms with Crippen LogP contribution < -0.4 is 0 Å². The normalized spacial score (nSPS) is 4.17. The van der Waals surface area contributed by atoms with Crippen LogP contribution >= 0.6 is 0 Å². The molecule has 1 radical (unpaired) electrons. The molecule has 0 aliphatic carbocycles. The first-order chi connectivity index (χ1) is 1.73. The number of hydrogen-bond acceptors (Lipinski definition) is 1. The smallest absolute Gasteiger partial charge is 0 e. The summed E-state index contributed by atoms with van der Waals surface area (Å²) in [6.45, 7) is 0. The molecule has 0 aliphatic rings. The summed E-state index contributed by atoms with van der Waals surface area (Å²) in [5.41, 5.74) is 0. The van der Waals surface area contributed by atoms with Gasteiger partial charge in [0.15, 0.2) is 0 Å². The summed E-state index contributed by atoms with van der Waals surface area (Å²) >= 11 is 1.08. The molecule has 0 saturated carbocycles. The van der Waals surface area contributed by atoms with E-state index in [-0.39, 0.29) is 24.5 Å². The van der Waals surface area contributed by atoms with Crippen molar-refractivity contribution in [2.24, 2.45) is 0 Å². The third kappa shape index (κ3) is 191. The first-order valence-electron chi connectivity index (χ1n) is 0.678. The zero-order chi connectivity index (χ0) is 3.58. The zero-order valence-electron chi connectivity index (χ0n) is 3.21. The summed E-state index contributed by atoms with van der Waals surface area (Å²) in [5.74, 6) is 0. The van der Waals surface area contributed by atoms with Crippen LogP contribution in [0, 0.1) is 7.43 Å². The van der Waals surface area contributed by atoms with E-state index in [9.17, 15) is 0 Å². The molecular formula is C2H5AsFeO2-. The fourth-order valence-electron chi connectivity index (χ4n) is 0. The van der Waals surface area contributed by atoms with Gasteiger partial charge in [-0.25, -0.2) is 0 Å². The van der Waals surface area contributed by atoms with Gasteiger partial charge in [0.05, 0.1) is 0 Å². The van der Waals surface area contributed by atoms with Crippen molar-refractivity contribution in [2.75, 3.05) is 0 Å². The molecule has 0 unspecified atom stereocenters. The standard InChI is InChI=1S/CH2AsO2.CH3.Fe/c2-1(3)4;;/h2H,(H,3,4);1H3;/q;-1;. The van der Waals surface area contributed by atoms with Crippen molar-refractivity contribution < 1.29 is 27.0 Å². The molecule has 0 rings (SSSR count). The second-order valence-corrected chi connectivity index (χ2v) is 1.20. The van der Waals surface area contributed by atoms with Gasteiger partial charge >= 0.3 is 31.5 Å². The van der Waals surface area contributed by atoms with Crippen LogP contribution in [-0.2, 0) is 17.1 Å². The molecular weight excluding hydrogens is 187 g/mol. The van der Waals surface area contributed by atoms with Crippen LogP contribution in [0.15, 0.2) is 0 Å². The van der Waals surface area contributed by atoms with Crippen molar-refractivity contribution in [1.82, 2.24) is 0 Å². The Morgan fingerprint density at radius 3 is 1.67 bits per heavy atom. The molecule has 0 fully saturated rings. The molecule has 0 saturated heterocycles. The summed E-state index contributed by atoms with van der Waals surface area (Å²) in [7, 11) is 0. The number of hydrogen-bond donors (Lipinski definition) is 1. The first-order valence-corrected chi connectivity index (χ1v) is 1.73. The Hall–Kier alpha value is 0.548. The molecule has 0 atom stereocenters. The molecule has 0 amide bonds. The third-order valence-corrected chi connectivity index (χ3v) is 0. The van der Waals surface area contributed by atoms with Crippen LogP contribution in [0.25, 0.3) is 0 Å². The van der Waals surface area contributed by atoms with Gasteiger partial charge in [-0.15, -0.1) is 0 Å². The fraction of sp³-hybridized carbons (Fsp3) is 0. The van der Waals surface area contributed by atoms with Crippen LogP contribution in [0.1, 0.15) is 0 Å². The minimum absolute atomic E-state index is 0.